The van der Waals surface area contributed by atoms with Gasteiger partial charge in [0.25, 0.3) is 0 Å². The minimum atomic E-state index is -4.74. The quantitative estimate of drug-likeness (QED) is 0.216. The molecule has 1 fully saturated rings. The zero-order chi connectivity index (χ0) is 30.4. The third-order valence-corrected chi connectivity index (χ3v) is 8.01. The first kappa shape index (κ1) is 30.1. The molecule has 1 aliphatic heterocycles. The van der Waals surface area contributed by atoms with E-state index in [4.69, 9.17) is 0 Å². The second-order valence-electron chi connectivity index (χ2n) is 9.97. The second kappa shape index (κ2) is 13.3. The van der Waals surface area contributed by atoms with Crippen LogP contribution in [0.25, 0.3) is 17.1 Å². The zero-order valence-electron chi connectivity index (χ0n) is 23.7. The molecule has 0 spiro atoms. The first-order valence-corrected chi connectivity index (χ1v) is 14.9. The Labute approximate surface area is 252 Å². The van der Waals surface area contributed by atoms with Gasteiger partial charge in [-0.3, -0.25) is 0 Å². The number of amides is 2. The third-order valence-electron chi connectivity index (χ3n) is 7.06. The lowest BCUT2D eigenvalue weighted by Gasteiger charge is -2.21. The number of aromatic nitrogens is 3. The van der Waals surface area contributed by atoms with Crippen LogP contribution in [0.1, 0.15) is 37.3 Å². The average Bonchev–Trinajstić information content (AvgIpc) is 3.67. The fourth-order valence-electron chi connectivity index (χ4n) is 4.76. The molecule has 43 heavy (non-hydrogen) atoms. The van der Waals surface area contributed by atoms with E-state index in [1.165, 1.54) is 40.8 Å². The largest absolute Gasteiger partial charge is 0.573 e. The van der Waals surface area contributed by atoms with E-state index in [-0.39, 0.29) is 17.7 Å². The predicted molar refractivity (Wildman–Crippen MR) is 163 cm³/mol. The van der Waals surface area contributed by atoms with E-state index < -0.39 is 6.36 Å². The van der Waals surface area contributed by atoms with Crippen molar-refractivity contribution in [1.82, 2.24) is 20.1 Å². The van der Waals surface area contributed by atoms with Crippen LogP contribution in [-0.4, -0.2) is 51.2 Å². The summed E-state index contributed by atoms with van der Waals surface area (Å²) in [5, 5.41) is 8.11. The maximum Gasteiger partial charge on any atom is 0.573 e. The number of urea groups is 1. The molecule has 1 saturated heterocycles. The van der Waals surface area contributed by atoms with Gasteiger partial charge in [0.05, 0.1) is 5.69 Å². The molecule has 0 bridgehead atoms. The highest BCUT2D eigenvalue weighted by Crippen LogP contribution is 2.29. The summed E-state index contributed by atoms with van der Waals surface area (Å²) in [5.74, 6) is 1.27. The van der Waals surface area contributed by atoms with Crippen LogP contribution < -0.4 is 15.0 Å². The van der Waals surface area contributed by atoms with Gasteiger partial charge < -0.3 is 15.0 Å². The Kier molecular flexibility index (Phi) is 9.34. The monoisotopic (exact) mass is 608 g/mol. The summed E-state index contributed by atoms with van der Waals surface area (Å²) in [5.41, 5.74) is 4.80. The molecular formula is C31H31F3N6O2S. The topological polar surface area (TPSA) is 84.6 Å². The molecule has 2 heterocycles. The van der Waals surface area contributed by atoms with E-state index in [0.29, 0.717) is 18.1 Å². The lowest BCUT2D eigenvalue weighted by molar-refractivity contribution is -0.274. The van der Waals surface area contributed by atoms with E-state index in [1.807, 2.05) is 36.4 Å². The van der Waals surface area contributed by atoms with Crippen LogP contribution in [0.2, 0.25) is 0 Å². The number of alkyl halides is 3. The number of amidine groups is 1. The molecule has 1 atom stereocenters. The number of nitrogens with zero attached hydrogens (tertiary/aromatic N) is 5. The van der Waals surface area contributed by atoms with Crippen LogP contribution in [0.4, 0.5) is 23.7 Å². The van der Waals surface area contributed by atoms with Crippen LogP contribution in [0.5, 0.6) is 5.75 Å². The van der Waals surface area contributed by atoms with Crippen LogP contribution in [0.3, 0.4) is 0 Å². The Bertz CT molecular complexity index is 1570. The molecule has 5 rings (SSSR count). The number of hydrogen-bond donors (Lipinski definition) is 1. The molecule has 12 heteroatoms. The standard InChI is InChI=1S/C31H31F3N6O2S/c1-3-22-6-4-5-7-27(22)39-18-19-43-30(39)37-29(41)35-17-16-21(2)23-8-10-24(11-9-23)28-36-20-40(38-28)25-12-14-26(15-13-25)42-31(32,33)34/h4-15,20-21H,3,16-19H2,1-2H3,(H,35,41)/b37-30-. The normalized spacial score (nSPS) is 15.1. The minimum Gasteiger partial charge on any atom is -0.406 e. The number of rotatable bonds is 9. The van der Waals surface area contributed by atoms with Gasteiger partial charge >= 0.3 is 12.4 Å². The molecule has 2 amide bonds. The molecule has 0 radical (unpaired) electrons. The number of aliphatic imine (C=N–C) groups is 1. The molecule has 0 saturated carbocycles. The summed E-state index contributed by atoms with van der Waals surface area (Å²) >= 11 is 1.59. The molecule has 1 N–H and O–H groups in total. The van der Waals surface area contributed by atoms with Gasteiger partial charge in [0.2, 0.25) is 0 Å². The lowest BCUT2D eigenvalue weighted by atomic mass is 9.96. The van der Waals surface area contributed by atoms with Gasteiger partial charge in [-0.15, -0.1) is 18.3 Å². The lowest BCUT2D eigenvalue weighted by Crippen LogP contribution is -2.28. The van der Waals surface area contributed by atoms with Crippen molar-refractivity contribution in [2.24, 2.45) is 4.99 Å². The number of aryl methyl sites for hydroxylation is 1. The van der Waals surface area contributed by atoms with Crippen LogP contribution >= 0.6 is 11.8 Å². The highest BCUT2D eigenvalue weighted by atomic mass is 32.2. The zero-order valence-corrected chi connectivity index (χ0v) is 24.5. The van der Waals surface area contributed by atoms with E-state index >= 15 is 0 Å². The van der Waals surface area contributed by atoms with Gasteiger partial charge in [0, 0.05) is 30.1 Å². The Morgan fingerprint density at radius 3 is 2.56 bits per heavy atom. The molecule has 1 aromatic heterocycles. The van der Waals surface area contributed by atoms with Gasteiger partial charge in [0.1, 0.15) is 12.1 Å². The summed E-state index contributed by atoms with van der Waals surface area (Å²) in [6.45, 7) is 5.54. The first-order valence-electron chi connectivity index (χ1n) is 13.9. The van der Waals surface area contributed by atoms with Gasteiger partial charge in [-0.1, -0.05) is 68.1 Å². The smallest absolute Gasteiger partial charge is 0.406 e. The van der Waals surface area contributed by atoms with Gasteiger partial charge in [-0.25, -0.2) is 14.5 Å². The SMILES string of the molecule is CCc1ccccc1N1CCS/C1=N\C(=O)NCCC(C)c1ccc(-c2ncn(-c3ccc(OC(F)(F)F)cc3)n2)cc1. The van der Waals surface area contributed by atoms with E-state index in [9.17, 15) is 18.0 Å². The fraction of sp³-hybridized carbons (Fsp3) is 0.290. The van der Waals surface area contributed by atoms with E-state index in [2.05, 4.69) is 56.0 Å². The maximum absolute atomic E-state index is 12.6. The molecule has 3 aromatic carbocycles. The van der Waals surface area contributed by atoms with Crippen LogP contribution in [0, 0.1) is 0 Å². The van der Waals surface area contributed by atoms with E-state index in [0.717, 1.165) is 47.1 Å². The first-order chi connectivity index (χ1) is 20.7. The molecule has 224 valence electrons. The highest BCUT2D eigenvalue weighted by molar-refractivity contribution is 8.14. The van der Waals surface area contributed by atoms with E-state index in [1.54, 1.807) is 11.8 Å². The average molecular weight is 609 g/mol. The van der Waals surface area contributed by atoms with Gasteiger partial charge in [-0.2, -0.15) is 4.99 Å². The third kappa shape index (κ3) is 7.75. The van der Waals surface area contributed by atoms with Gasteiger partial charge in [-0.05, 0) is 60.2 Å². The second-order valence-corrected chi connectivity index (χ2v) is 11.0. The van der Waals surface area contributed by atoms with Crippen molar-refractivity contribution in [3.05, 3.63) is 90.3 Å². The van der Waals surface area contributed by atoms with Crippen molar-refractivity contribution in [3.8, 4) is 22.8 Å². The summed E-state index contributed by atoms with van der Waals surface area (Å²) in [7, 11) is 0. The fourth-order valence-corrected chi connectivity index (χ4v) is 5.71. The Balaban J connectivity index is 1.13. The van der Waals surface area contributed by atoms with Gasteiger partial charge in [0.15, 0.2) is 11.0 Å². The number of halogens is 3. The van der Waals surface area contributed by atoms with Crippen molar-refractivity contribution >= 4 is 28.6 Å². The molecule has 1 unspecified atom stereocenters. The molecule has 4 aromatic rings. The highest BCUT2D eigenvalue weighted by Gasteiger charge is 2.31. The Morgan fingerprint density at radius 2 is 1.84 bits per heavy atom. The van der Waals surface area contributed by atoms with Crippen molar-refractivity contribution < 1.29 is 22.7 Å². The van der Waals surface area contributed by atoms with Crippen molar-refractivity contribution in [1.29, 1.82) is 0 Å². The number of benzene rings is 3. The summed E-state index contributed by atoms with van der Waals surface area (Å²) < 4.78 is 42.6. The van der Waals surface area contributed by atoms with Crippen LogP contribution in [-0.2, 0) is 6.42 Å². The van der Waals surface area contributed by atoms with Crippen LogP contribution in [0.15, 0.2) is 84.1 Å². The number of para-hydroxylation sites is 1. The number of carbonyl (C=O) groups excluding carboxylic acids is 1. The molecule has 0 aliphatic carbocycles. The van der Waals surface area contributed by atoms with Crippen molar-refractivity contribution in [3.63, 3.8) is 0 Å². The number of nitrogens with one attached hydrogen (secondary N) is 1. The Hall–Kier alpha value is -4.32. The number of hydrogen-bond acceptors (Lipinski definition) is 5. The molecule has 8 nitrogen and oxygen atoms in total. The Morgan fingerprint density at radius 1 is 1.09 bits per heavy atom. The molecule has 1 aliphatic rings. The summed E-state index contributed by atoms with van der Waals surface area (Å²) in [6.07, 6.45) is -1.58. The number of ether oxygens (including phenoxy) is 1. The minimum absolute atomic E-state index is 0.193. The number of thioether (sulfide) groups is 1. The van der Waals surface area contributed by atoms with Crippen molar-refractivity contribution in [2.75, 3.05) is 23.7 Å². The summed E-state index contributed by atoms with van der Waals surface area (Å²) in [6, 6.07) is 21.1. The van der Waals surface area contributed by atoms with Crippen molar-refractivity contribution in [2.45, 2.75) is 39.0 Å². The number of carbonyl (C=O) groups is 1. The number of anilines is 1. The summed E-state index contributed by atoms with van der Waals surface area (Å²) in [4.78, 5) is 23.4. The maximum atomic E-state index is 12.6. The molecular weight excluding hydrogens is 577 g/mol. The predicted octanol–water partition coefficient (Wildman–Crippen LogP) is 7.21.